The van der Waals surface area contributed by atoms with Crippen molar-refractivity contribution in [2.45, 2.75) is 45.4 Å². The van der Waals surface area contributed by atoms with Crippen molar-refractivity contribution in [3.05, 3.63) is 41.0 Å². The lowest BCUT2D eigenvalue weighted by Crippen LogP contribution is -2.43. The third-order valence-corrected chi connectivity index (χ3v) is 4.86. The maximum atomic E-state index is 2.63. The highest BCUT2D eigenvalue weighted by Crippen LogP contribution is 2.43. The maximum Gasteiger partial charge on any atom is 0.0902 e. The van der Waals surface area contributed by atoms with Gasteiger partial charge in [-0.05, 0) is 51.4 Å². The molecule has 102 valence electrons. The van der Waals surface area contributed by atoms with Gasteiger partial charge in [0.15, 0.2) is 0 Å². The molecule has 2 aliphatic rings. The van der Waals surface area contributed by atoms with Crippen molar-refractivity contribution in [2.75, 3.05) is 13.6 Å². The lowest BCUT2D eigenvalue weighted by molar-refractivity contribution is 0.0878. The highest BCUT2D eigenvalue weighted by molar-refractivity contribution is 5.59. The van der Waals surface area contributed by atoms with Crippen molar-refractivity contribution in [3.63, 3.8) is 0 Å². The van der Waals surface area contributed by atoms with Gasteiger partial charge in [-0.2, -0.15) is 0 Å². The Morgan fingerprint density at radius 3 is 2.74 bits per heavy atom. The van der Waals surface area contributed by atoms with Gasteiger partial charge < -0.3 is 0 Å². The Balaban J connectivity index is 2.22. The van der Waals surface area contributed by atoms with E-state index in [0.717, 1.165) is 6.54 Å². The third-order valence-electron chi connectivity index (χ3n) is 4.86. The van der Waals surface area contributed by atoms with Gasteiger partial charge in [-0.25, -0.2) is 0 Å². The minimum Gasteiger partial charge on any atom is -0.283 e. The van der Waals surface area contributed by atoms with Gasteiger partial charge in [-0.1, -0.05) is 30.4 Å². The predicted molar refractivity (Wildman–Crippen MR) is 81.0 cm³/mol. The van der Waals surface area contributed by atoms with E-state index in [9.17, 15) is 0 Å². The van der Waals surface area contributed by atoms with Crippen molar-refractivity contribution in [2.24, 2.45) is 0 Å². The van der Waals surface area contributed by atoms with E-state index in [0.29, 0.717) is 12.2 Å². The van der Waals surface area contributed by atoms with E-state index in [4.69, 9.17) is 0 Å². The zero-order valence-corrected chi connectivity index (χ0v) is 12.6. The Bertz CT molecular complexity index is 530. The maximum absolute atomic E-state index is 2.63. The molecular formula is C17H24N2. The van der Waals surface area contributed by atoms with E-state index in [-0.39, 0.29) is 5.54 Å². The molecule has 1 aromatic rings. The summed E-state index contributed by atoms with van der Waals surface area (Å²) in [6, 6.07) is 7.25. The molecule has 2 heterocycles. The van der Waals surface area contributed by atoms with E-state index in [2.05, 4.69) is 74.9 Å². The summed E-state index contributed by atoms with van der Waals surface area (Å²) in [6.07, 6.45) is 5.06. The second-order valence-electron chi connectivity index (χ2n) is 6.61. The van der Waals surface area contributed by atoms with Crippen LogP contribution in [0.15, 0.2) is 24.3 Å². The van der Waals surface area contributed by atoms with Crippen LogP contribution in [0.1, 0.15) is 43.6 Å². The molecule has 3 rings (SSSR count). The summed E-state index contributed by atoms with van der Waals surface area (Å²) in [5.74, 6) is 0. The second-order valence-corrected chi connectivity index (χ2v) is 6.61. The standard InChI is InChI=1S/C17H24N2/c1-12-7-6-8-14-9-10-17(3,4)19-11-13(2)18(5)16(19)15(12)14/h6-10,13,16H,11H2,1-5H3. The fourth-order valence-electron chi connectivity index (χ4n) is 3.47. The molecule has 1 aromatic carbocycles. The normalized spacial score (nSPS) is 29.9. The van der Waals surface area contributed by atoms with Gasteiger partial charge in [-0.15, -0.1) is 0 Å². The molecule has 0 aliphatic carbocycles. The Hall–Kier alpha value is -1.12. The monoisotopic (exact) mass is 256 g/mol. The summed E-state index contributed by atoms with van der Waals surface area (Å²) >= 11 is 0. The molecule has 2 atom stereocenters. The first kappa shape index (κ1) is 12.9. The molecule has 2 heteroatoms. The summed E-state index contributed by atoms with van der Waals surface area (Å²) < 4.78 is 0. The second kappa shape index (κ2) is 4.19. The first-order valence-corrected chi connectivity index (χ1v) is 7.19. The lowest BCUT2D eigenvalue weighted by Gasteiger charge is -2.38. The zero-order chi connectivity index (χ0) is 13.8. The first-order valence-electron chi connectivity index (χ1n) is 7.19. The van der Waals surface area contributed by atoms with E-state index < -0.39 is 0 Å². The summed E-state index contributed by atoms with van der Waals surface area (Å²) in [5, 5.41) is 0. The quantitative estimate of drug-likeness (QED) is 0.701. The summed E-state index contributed by atoms with van der Waals surface area (Å²) in [6.45, 7) is 10.3. The minimum atomic E-state index is 0.106. The SMILES string of the molecule is Cc1cccc2c1C1N(C)C(C)CN1C(C)(C)C=C2. The van der Waals surface area contributed by atoms with Crippen LogP contribution in [-0.2, 0) is 0 Å². The summed E-state index contributed by atoms with van der Waals surface area (Å²) in [5.41, 5.74) is 4.36. The summed E-state index contributed by atoms with van der Waals surface area (Å²) in [7, 11) is 2.26. The molecule has 0 radical (unpaired) electrons. The molecule has 2 unspecified atom stereocenters. The van der Waals surface area contributed by atoms with E-state index in [1.165, 1.54) is 16.7 Å². The van der Waals surface area contributed by atoms with Crippen LogP contribution in [0, 0.1) is 6.92 Å². The largest absolute Gasteiger partial charge is 0.283 e. The molecule has 2 nitrogen and oxygen atoms in total. The van der Waals surface area contributed by atoms with Crippen LogP contribution in [0.2, 0.25) is 0 Å². The molecule has 19 heavy (non-hydrogen) atoms. The average Bonchev–Trinajstić information content (AvgIpc) is 2.58. The molecule has 2 aliphatic heterocycles. The van der Waals surface area contributed by atoms with Crippen molar-refractivity contribution >= 4 is 6.08 Å². The van der Waals surface area contributed by atoms with Gasteiger partial charge in [0.05, 0.1) is 6.17 Å². The Kier molecular flexibility index (Phi) is 2.84. The van der Waals surface area contributed by atoms with Crippen LogP contribution < -0.4 is 0 Å². The van der Waals surface area contributed by atoms with Gasteiger partial charge in [0.2, 0.25) is 0 Å². The van der Waals surface area contributed by atoms with Crippen molar-refractivity contribution in [3.8, 4) is 0 Å². The molecule has 0 spiro atoms. The van der Waals surface area contributed by atoms with Crippen LogP contribution in [0.25, 0.3) is 6.08 Å². The van der Waals surface area contributed by atoms with E-state index in [1.807, 2.05) is 0 Å². The number of benzene rings is 1. The number of hydrogen-bond acceptors (Lipinski definition) is 2. The van der Waals surface area contributed by atoms with E-state index in [1.54, 1.807) is 0 Å². The number of aryl methyl sites for hydroxylation is 1. The third kappa shape index (κ3) is 1.86. The molecule has 0 bridgehead atoms. The van der Waals surface area contributed by atoms with Crippen molar-refractivity contribution in [1.82, 2.24) is 9.80 Å². The van der Waals surface area contributed by atoms with Gasteiger partial charge in [-0.3, -0.25) is 9.80 Å². The van der Waals surface area contributed by atoms with Crippen LogP contribution in [-0.4, -0.2) is 35.0 Å². The van der Waals surface area contributed by atoms with Crippen LogP contribution >= 0.6 is 0 Å². The number of rotatable bonds is 0. The van der Waals surface area contributed by atoms with Crippen LogP contribution in [0.3, 0.4) is 0 Å². The smallest absolute Gasteiger partial charge is 0.0902 e. The Labute approximate surface area is 116 Å². The van der Waals surface area contributed by atoms with E-state index >= 15 is 0 Å². The number of nitrogens with zero attached hydrogens (tertiary/aromatic N) is 2. The number of likely N-dealkylation sites (N-methyl/N-ethyl adjacent to an activating group) is 1. The summed E-state index contributed by atoms with van der Waals surface area (Å²) in [4.78, 5) is 5.15. The Morgan fingerprint density at radius 1 is 1.26 bits per heavy atom. The fraction of sp³-hybridized carbons (Fsp3) is 0.529. The van der Waals surface area contributed by atoms with Gasteiger partial charge in [0.1, 0.15) is 0 Å². The highest BCUT2D eigenvalue weighted by atomic mass is 15.4. The molecule has 1 saturated heterocycles. The number of hydrogen-bond donors (Lipinski definition) is 0. The fourth-order valence-corrected chi connectivity index (χ4v) is 3.47. The van der Waals surface area contributed by atoms with Gasteiger partial charge >= 0.3 is 0 Å². The van der Waals surface area contributed by atoms with Gasteiger partial charge in [0, 0.05) is 18.1 Å². The van der Waals surface area contributed by atoms with Gasteiger partial charge in [0.25, 0.3) is 0 Å². The topological polar surface area (TPSA) is 6.48 Å². The number of fused-ring (bicyclic) bond motifs is 3. The lowest BCUT2D eigenvalue weighted by atomic mass is 9.99. The zero-order valence-electron chi connectivity index (χ0n) is 12.6. The molecule has 1 fully saturated rings. The Morgan fingerprint density at radius 2 is 2.00 bits per heavy atom. The molecule has 0 saturated carbocycles. The van der Waals surface area contributed by atoms with Crippen molar-refractivity contribution < 1.29 is 0 Å². The average molecular weight is 256 g/mol. The molecule has 0 N–H and O–H groups in total. The first-order chi connectivity index (χ1) is 8.92. The molecular weight excluding hydrogens is 232 g/mol. The highest BCUT2D eigenvalue weighted by Gasteiger charge is 2.44. The van der Waals surface area contributed by atoms with Crippen molar-refractivity contribution in [1.29, 1.82) is 0 Å². The van der Waals surface area contributed by atoms with Crippen LogP contribution in [0.5, 0.6) is 0 Å². The molecule has 0 amide bonds. The molecule has 0 aromatic heterocycles. The minimum absolute atomic E-state index is 0.106. The van der Waals surface area contributed by atoms with Crippen LogP contribution in [0.4, 0.5) is 0 Å². The predicted octanol–water partition coefficient (Wildman–Crippen LogP) is 3.43.